The van der Waals surface area contributed by atoms with Crippen LogP contribution < -0.4 is 0 Å². The molecule has 12 heteroatoms. The number of hydrogen-bond acceptors (Lipinski definition) is 6. The van der Waals surface area contributed by atoms with E-state index in [1.54, 1.807) is 34.9 Å². The third-order valence-electron chi connectivity index (χ3n) is 6.36. The first-order valence-corrected chi connectivity index (χ1v) is 14.0. The number of pyridine rings is 1. The molecule has 0 aliphatic carbocycles. The summed E-state index contributed by atoms with van der Waals surface area (Å²) in [5, 5.41) is 2.23. The molecule has 0 unspecified atom stereocenters. The first kappa shape index (κ1) is 35.6. The van der Waals surface area contributed by atoms with Crippen LogP contribution in [0.3, 0.4) is 0 Å². The van der Waals surface area contributed by atoms with Gasteiger partial charge in [0, 0.05) is 74.0 Å². The van der Waals surface area contributed by atoms with Crippen molar-refractivity contribution in [2.45, 2.75) is 4.90 Å². The molecule has 0 atom stereocenters. The molecule has 216 valence electrons. The SMILES string of the molecule is CN(CC=Cc1ccc(Cl)cc1)CCN(CCN1CCOCC1)S(=O)(=O)c1cccc2cnccc12.Cl.Cl.Cl. The lowest BCUT2D eigenvalue weighted by atomic mass is 10.2. The predicted octanol–water partition coefficient (Wildman–Crippen LogP) is 5.12. The topological polar surface area (TPSA) is 66.0 Å². The van der Waals surface area contributed by atoms with Crippen LogP contribution in [0.4, 0.5) is 0 Å². The molecule has 0 bridgehead atoms. The minimum atomic E-state index is -3.70. The van der Waals surface area contributed by atoms with E-state index < -0.39 is 10.0 Å². The third-order valence-corrected chi connectivity index (χ3v) is 8.57. The number of rotatable bonds is 11. The fraction of sp³-hybridized carbons (Fsp3) is 0.370. The lowest BCUT2D eigenvalue weighted by Crippen LogP contribution is -2.45. The van der Waals surface area contributed by atoms with Gasteiger partial charge in [-0.2, -0.15) is 4.31 Å². The van der Waals surface area contributed by atoms with E-state index >= 15 is 0 Å². The van der Waals surface area contributed by atoms with Gasteiger partial charge < -0.3 is 9.64 Å². The molecule has 2 heterocycles. The van der Waals surface area contributed by atoms with Crippen LogP contribution in [0.2, 0.25) is 5.02 Å². The Morgan fingerprint density at radius 1 is 1.00 bits per heavy atom. The number of benzene rings is 2. The molecule has 0 N–H and O–H groups in total. The molecule has 1 aromatic heterocycles. The number of nitrogens with zero attached hydrogens (tertiary/aromatic N) is 4. The zero-order valence-electron chi connectivity index (χ0n) is 21.8. The molecule has 4 rings (SSSR count). The Labute approximate surface area is 255 Å². The minimum Gasteiger partial charge on any atom is -0.379 e. The Balaban J connectivity index is 0.00000253. The molecule has 3 aromatic rings. The summed E-state index contributed by atoms with van der Waals surface area (Å²) in [4.78, 5) is 8.86. The van der Waals surface area contributed by atoms with Gasteiger partial charge in [-0.05, 0) is 36.9 Å². The minimum absolute atomic E-state index is 0. The summed E-state index contributed by atoms with van der Waals surface area (Å²) >= 11 is 5.96. The van der Waals surface area contributed by atoms with Crippen molar-refractivity contribution in [1.29, 1.82) is 0 Å². The molecular weight excluding hydrogens is 602 g/mol. The van der Waals surface area contributed by atoms with E-state index in [0.717, 1.165) is 24.0 Å². The highest BCUT2D eigenvalue weighted by atomic mass is 35.5. The van der Waals surface area contributed by atoms with Gasteiger partial charge in [0.15, 0.2) is 0 Å². The Hall–Kier alpha value is -1.46. The number of morpholine rings is 1. The quantitative estimate of drug-likeness (QED) is 0.291. The van der Waals surface area contributed by atoms with Gasteiger partial charge >= 0.3 is 0 Å². The van der Waals surface area contributed by atoms with Gasteiger partial charge in [-0.25, -0.2) is 8.42 Å². The zero-order chi connectivity index (χ0) is 25.4. The molecule has 1 fully saturated rings. The van der Waals surface area contributed by atoms with Gasteiger partial charge in [0.2, 0.25) is 10.0 Å². The molecule has 0 saturated carbocycles. The first-order valence-electron chi connectivity index (χ1n) is 12.2. The van der Waals surface area contributed by atoms with Crippen LogP contribution in [0.15, 0.2) is 71.9 Å². The highest BCUT2D eigenvalue weighted by Gasteiger charge is 2.27. The van der Waals surface area contributed by atoms with Crippen LogP contribution in [-0.2, 0) is 14.8 Å². The number of ether oxygens (including phenoxy) is 1. The highest BCUT2D eigenvalue weighted by molar-refractivity contribution is 7.89. The van der Waals surface area contributed by atoms with Crippen molar-refractivity contribution in [2.24, 2.45) is 0 Å². The third kappa shape index (κ3) is 10.1. The monoisotopic (exact) mass is 636 g/mol. The average Bonchev–Trinajstić information content (AvgIpc) is 2.90. The van der Waals surface area contributed by atoms with E-state index in [2.05, 4.69) is 20.9 Å². The van der Waals surface area contributed by atoms with Crippen molar-refractivity contribution in [1.82, 2.24) is 19.1 Å². The molecule has 39 heavy (non-hydrogen) atoms. The largest absolute Gasteiger partial charge is 0.379 e. The van der Waals surface area contributed by atoms with Crippen molar-refractivity contribution in [3.8, 4) is 0 Å². The molecule has 1 aliphatic rings. The molecule has 1 aliphatic heterocycles. The van der Waals surface area contributed by atoms with Crippen LogP contribution in [0.25, 0.3) is 16.8 Å². The van der Waals surface area contributed by atoms with Crippen LogP contribution in [0, 0.1) is 0 Å². The summed E-state index contributed by atoms with van der Waals surface area (Å²) in [6, 6.07) is 14.8. The summed E-state index contributed by atoms with van der Waals surface area (Å²) in [5.41, 5.74) is 1.08. The van der Waals surface area contributed by atoms with E-state index in [1.165, 1.54) is 0 Å². The lowest BCUT2D eigenvalue weighted by molar-refractivity contribution is 0.0362. The number of fused-ring (bicyclic) bond motifs is 1. The van der Waals surface area contributed by atoms with Crippen LogP contribution >= 0.6 is 48.8 Å². The van der Waals surface area contributed by atoms with Crippen LogP contribution in [0.5, 0.6) is 0 Å². The molecule has 0 radical (unpaired) electrons. The first-order chi connectivity index (χ1) is 17.4. The Morgan fingerprint density at radius 2 is 1.72 bits per heavy atom. The smallest absolute Gasteiger partial charge is 0.243 e. The van der Waals surface area contributed by atoms with Gasteiger partial charge in [-0.1, -0.05) is 48.0 Å². The van der Waals surface area contributed by atoms with Crippen molar-refractivity contribution in [3.63, 3.8) is 0 Å². The van der Waals surface area contributed by atoms with E-state index in [-0.39, 0.29) is 37.2 Å². The predicted molar refractivity (Wildman–Crippen MR) is 167 cm³/mol. The average molecular weight is 638 g/mol. The number of halogens is 4. The fourth-order valence-corrected chi connectivity index (χ4v) is 5.97. The van der Waals surface area contributed by atoms with Gasteiger partial charge in [0.05, 0.1) is 18.1 Å². The van der Waals surface area contributed by atoms with Gasteiger partial charge in [-0.15, -0.1) is 37.2 Å². The molecule has 2 aromatic carbocycles. The Bertz CT molecular complexity index is 1270. The maximum Gasteiger partial charge on any atom is 0.243 e. The molecule has 7 nitrogen and oxygen atoms in total. The van der Waals surface area contributed by atoms with E-state index in [1.807, 2.05) is 43.5 Å². The number of sulfonamides is 1. The van der Waals surface area contributed by atoms with Crippen molar-refractivity contribution in [3.05, 3.63) is 77.6 Å². The number of hydrogen-bond donors (Lipinski definition) is 0. The van der Waals surface area contributed by atoms with E-state index in [4.69, 9.17) is 16.3 Å². The zero-order valence-corrected chi connectivity index (χ0v) is 25.8. The molecular formula is C27H36Cl4N4O3S. The Morgan fingerprint density at radius 3 is 2.44 bits per heavy atom. The second-order valence-electron chi connectivity index (χ2n) is 8.93. The van der Waals surface area contributed by atoms with E-state index in [9.17, 15) is 8.42 Å². The van der Waals surface area contributed by atoms with Crippen molar-refractivity contribution < 1.29 is 13.2 Å². The summed E-state index contributed by atoms with van der Waals surface area (Å²) < 4.78 is 34.8. The van der Waals surface area contributed by atoms with Crippen LogP contribution in [0.1, 0.15) is 5.56 Å². The lowest BCUT2D eigenvalue weighted by Gasteiger charge is -2.30. The normalized spacial score (nSPS) is 14.3. The second kappa shape index (κ2) is 17.4. The fourth-order valence-electron chi connectivity index (χ4n) is 4.20. The number of likely N-dealkylation sites (N-methyl/N-ethyl adjacent to an activating group) is 1. The molecule has 0 amide bonds. The maximum atomic E-state index is 13.9. The maximum absolute atomic E-state index is 13.9. The van der Waals surface area contributed by atoms with Gasteiger partial charge in [0.25, 0.3) is 0 Å². The molecule has 0 spiro atoms. The summed E-state index contributed by atoms with van der Waals surface area (Å²) in [7, 11) is -1.70. The summed E-state index contributed by atoms with van der Waals surface area (Å²) in [6.07, 6.45) is 7.46. The standard InChI is InChI=1S/C27H33ClN4O3S.3ClH/c1-30(13-3-4-23-7-9-25(28)10-8-23)14-16-32(17-15-31-18-20-35-21-19-31)36(33,34)27-6-2-5-24-22-29-12-11-26(24)27;;;/h2-12,22H,13-21H2,1H3;3*1H. The van der Waals surface area contributed by atoms with Crippen LogP contribution in [-0.4, -0.2) is 93.6 Å². The Kier molecular flexibility index (Phi) is 15.8. The summed E-state index contributed by atoms with van der Waals surface area (Å²) in [6.45, 7) is 5.84. The number of aromatic nitrogens is 1. The van der Waals surface area contributed by atoms with E-state index in [0.29, 0.717) is 61.2 Å². The van der Waals surface area contributed by atoms with Gasteiger partial charge in [-0.3, -0.25) is 9.88 Å². The van der Waals surface area contributed by atoms with Gasteiger partial charge in [0.1, 0.15) is 0 Å². The highest BCUT2D eigenvalue weighted by Crippen LogP contribution is 2.25. The summed E-state index contributed by atoms with van der Waals surface area (Å²) in [5.74, 6) is 0. The van der Waals surface area contributed by atoms with Crippen molar-refractivity contribution in [2.75, 3.05) is 66.1 Å². The van der Waals surface area contributed by atoms with Crippen molar-refractivity contribution >= 4 is 75.7 Å². The molecule has 1 saturated heterocycles. The second-order valence-corrected chi connectivity index (χ2v) is 11.3.